The lowest BCUT2D eigenvalue weighted by Crippen LogP contribution is -2.43. The first kappa shape index (κ1) is 19.9. The number of aryl methyl sites for hydroxylation is 1. The molecule has 2 aromatic heterocycles. The molecule has 0 fully saturated rings. The fourth-order valence-electron chi connectivity index (χ4n) is 1.95. The number of guanidine groups is 1. The van der Waals surface area contributed by atoms with Crippen molar-refractivity contribution in [3.63, 3.8) is 0 Å². The number of aliphatic imine (C=N–C) groups is 1. The topological polar surface area (TPSA) is 75.3 Å². The summed E-state index contributed by atoms with van der Waals surface area (Å²) in [6.45, 7) is 10.2. The molecule has 0 aliphatic carbocycles. The zero-order valence-electron chi connectivity index (χ0n) is 13.9. The van der Waals surface area contributed by atoms with Crippen molar-refractivity contribution in [2.45, 2.75) is 39.7 Å². The standard InChI is InChI=1S/C15H23N5OS.HI/c1-5-16-14(17-9-13-19-11(2)21-20-13)18-10-15(3,4)12-7-6-8-22-12;/h6-8H,5,9-10H2,1-4H3,(H2,16,17,18);1H. The molecule has 6 nitrogen and oxygen atoms in total. The molecule has 0 spiro atoms. The van der Waals surface area contributed by atoms with E-state index in [-0.39, 0.29) is 29.4 Å². The number of rotatable bonds is 6. The summed E-state index contributed by atoms with van der Waals surface area (Å²) in [4.78, 5) is 10.00. The molecular formula is C15H24IN5OS. The minimum Gasteiger partial charge on any atom is -0.357 e. The van der Waals surface area contributed by atoms with Gasteiger partial charge in [0.2, 0.25) is 5.89 Å². The zero-order valence-corrected chi connectivity index (χ0v) is 17.1. The SMILES string of the molecule is CCNC(=NCc1noc(C)n1)NCC(C)(C)c1cccs1.I. The highest BCUT2D eigenvalue weighted by atomic mass is 127. The van der Waals surface area contributed by atoms with Gasteiger partial charge in [-0.3, -0.25) is 0 Å². The second-order valence-corrected chi connectivity index (χ2v) is 6.59. The third-order valence-corrected chi connectivity index (χ3v) is 4.41. The quantitative estimate of drug-likeness (QED) is 0.403. The van der Waals surface area contributed by atoms with Crippen molar-refractivity contribution >= 4 is 41.3 Å². The summed E-state index contributed by atoms with van der Waals surface area (Å²) in [6.07, 6.45) is 0. The van der Waals surface area contributed by atoms with Gasteiger partial charge in [-0.05, 0) is 18.4 Å². The molecule has 2 N–H and O–H groups in total. The second kappa shape index (κ2) is 9.21. The van der Waals surface area contributed by atoms with Crippen molar-refractivity contribution in [3.05, 3.63) is 34.1 Å². The van der Waals surface area contributed by atoms with Crippen LogP contribution in [-0.2, 0) is 12.0 Å². The van der Waals surface area contributed by atoms with Gasteiger partial charge in [0.25, 0.3) is 0 Å². The molecule has 128 valence electrons. The van der Waals surface area contributed by atoms with E-state index in [2.05, 4.69) is 57.1 Å². The van der Waals surface area contributed by atoms with Crippen LogP contribution in [0, 0.1) is 6.92 Å². The van der Waals surface area contributed by atoms with Gasteiger partial charge in [0.15, 0.2) is 11.8 Å². The molecule has 0 aliphatic rings. The molecule has 0 bridgehead atoms. The third-order valence-electron chi connectivity index (χ3n) is 3.18. The number of nitrogens with one attached hydrogen (secondary N) is 2. The monoisotopic (exact) mass is 449 g/mol. The van der Waals surface area contributed by atoms with E-state index in [0.717, 1.165) is 19.0 Å². The highest BCUT2D eigenvalue weighted by molar-refractivity contribution is 14.0. The Morgan fingerprint density at radius 3 is 2.74 bits per heavy atom. The Hall–Kier alpha value is -1.16. The maximum Gasteiger partial charge on any atom is 0.223 e. The fraction of sp³-hybridized carbons (Fsp3) is 0.533. The van der Waals surface area contributed by atoms with Gasteiger partial charge in [0.1, 0.15) is 6.54 Å². The molecule has 0 radical (unpaired) electrons. The number of halogens is 1. The van der Waals surface area contributed by atoms with Gasteiger partial charge >= 0.3 is 0 Å². The molecule has 0 saturated carbocycles. The molecule has 0 aromatic carbocycles. The fourth-order valence-corrected chi connectivity index (χ4v) is 2.80. The number of thiophene rings is 1. The summed E-state index contributed by atoms with van der Waals surface area (Å²) >= 11 is 1.78. The Balaban J connectivity index is 0.00000264. The summed E-state index contributed by atoms with van der Waals surface area (Å²) in [7, 11) is 0. The van der Waals surface area contributed by atoms with Crippen molar-refractivity contribution < 1.29 is 4.52 Å². The Kier molecular flexibility index (Phi) is 7.97. The van der Waals surface area contributed by atoms with E-state index in [0.29, 0.717) is 18.3 Å². The van der Waals surface area contributed by atoms with Crippen LogP contribution in [0.2, 0.25) is 0 Å². The van der Waals surface area contributed by atoms with E-state index in [9.17, 15) is 0 Å². The molecule has 8 heteroatoms. The van der Waals surface area contributed by atoms with E-state index < -0.39 is 0 Å². The van der Waals surface area contributed by atoms with Crippen LogP contribution in [-0.4, -0.2) is 29.2 Å². The van der Waals surface area contributed by atoms with E-state index in [1.54, 1.807) is 18.3 Å². The molecular weight excluding hydrogens is 425 g/mol. The normalized spacial score (nSPS) is 11.9. The highest BCUT2D eigenvalue weighted by Crippen LogP contribution is 2.26. The predicted octanol–water partition coefficient (Wildman–Crippen LogP) is 3.09. The molecule has 0 atom stereocenters. The van der Waals surface area contributed by atoms with Crippen LogP contribution in [0.5, 0.6) is 0 Å². The Morgan fingerprint density at radius 1 is 1.39 bits per heavy atom. The van der Waals surface area contributed by atoms with Gasteiger partial charge in [0.05, 0.1) is 0 Å². The molecule has 0 unspecified atom stereocenters. The summed E-state index contributed by atoms with van der Waals surface area (Å²) in [5.41, 5.74) is 0.0487. The Bertz CT molecular complexity index is 609. The first-order chi connectivity index (χ1) is 10.5. The van der Waals surface area contributed by atoms with Crippen molar-refractivity contribution in [3.8, 4) is 0 Å². The zero-order chi connectivity index (χ0) is 16.0. The third kappa shape index (κ3) is 6.09. The number of nitrogens with zero attached hydrogens (tertiary/aromatic N) is 3. The van der Waals surface area contributed by atoms with Crippen LogP contribution in [0.1, 0.15) is 37.4 Å². The van der Waals surface area contributed by atoms with Gasteiger partial charge in [-0.2, -0.15) is 4.98 Å². The predicted molar refractivity (Wildman–Crippen MR) is 105 cm³/mol. The average Bonchev–Trinajstić information content (AvgIpc) is 3.13. The molecule has 2 rings (SSSR count). The molecule has 23 heavy (non-hydrogen) atoms. The van der Waals surface area contributed by atoms with Crippen LogP contribution < -0.4 is 10.6 Å². The number of aromatic nitrogens is 2. The van der Waals surface area contributed by atoms with E-state index in [4.69, 9.17) is 4.52 Å². The molecule has 2 heterocycles. The number of hydrogen-bond acceptors (Lipinski definition) is 5. The smallest absolute Gasteiger partial charge is 0.223 e. The minimum absolute atomic E-state index is 0. The molecule has 0 amide bonds. The Labute approximate surface area is 158 Å². The van der Waals surface area contributed by atoms with Gasteiger partial charge in [-0.1, -0.05) is 25.1 Å². The van der Waals surface area contributed by atoms with E-state index in [1.165, 1.54) is 4.88 Å². The van der Waals surface area contributed by atoms with Crippen molar-refractivity contribution in [2.75, 3.05) is 13.1 Å². The summed E-state index contributed by atoms with van der Waals surface area (Å²) in [5.74, 6) is 1.91. The summed E-state index contributed by atoms with van der Waals surface area (Å²) in [5, 5.41) is 12.6. The van der Waals surface area contributed by atoms with Gasteiger partial charge < -0.3 is 15.2 Å². The van der Waals surface area contributed by atoms with Crippen LogP contribution in [0.3, 0.4) is 0 Å². The van der Waals surface area contributed by atoms with Gasteiger partial charge in [-0.15, -0.1) is 35.3 Å². The van der Waals surface area contributed by atoms with Crippen molar-refractivity contribution in [2.24, 2.45) is 4.99 Å². The van der Waals surface area contributed by atoms with Crippen molar-refractivity contribution in [1.29, 1.82) is 0 Å². The lowest BCUT2D eigenvalue weighted by Gasteiger charge is -2.25. The largest absolute Gasteiger partial charge is 0.357 e. The van der Waals surface area contributed by atoms with Gasteiger partial charge in [-0.25, -0.2) is 4.99 Å². The van der Waals surface area contributed by atoms with Crippen LogP contribution in [0.4, 0.5) is 0 Å². The maximum absolute atomic E-state index is 4.95. The maximum atomic E-state index is 4.95. The lowest BCUT2D eigenvalue weighted by molar-refractivity contribution is 0.387. The van der Waals surface area contributed by atoms with E-state index >= 15 is 0 Å². The first-order valence-corrected chi connectivity index (χ1v) is 8.24. The Morgan fingerprint density at radius 2 is 2.17 bits per heavy atom. The van der Waals surface area contributed by atoms with Crippen LogP contribution in [0.25, 0.3) is 0 Å². The van der Waals surface area contributed by atoms with Crippen molar-refractivity contribution in [1.82, 2.24) is 20.8 Å². The summed E-state index contributed by atoms with van der Waals surface area (Å²) < 4.78 is 4.95. The van der Waals surface area contributed by atoms with Crippen LogP contribution >= 0.6 is 35.3 Å². The lowest BCUT2D eigenvalue weighted by atomic mass is 9.91. The first-order valence-electron chi connectivity index (χ1n) is 7.36. The summed E-state index contributed by atoms with van der Waals surface area (Å²) in [6, 6.07) is 4.25. The number of hydrogen-bond donors (Lipinski definition) is 2. The average molecular weight is 449 g/mol. The highest BCUT2D eigenvalue weighted by Gasteiger charge is 2.21. The molecule has 2 aromatic rings. The van der Waals surface area contributed by atoms with Crippen LogP contribution in [0.15, 0.2) is 27.0 Å². The second-order valence-electron chi connectivity index (χ2n) is 5.64. The minimum atomic E-state index is 0. The van der Waals surface area contributed by atoms with E-state index in [1.807, 2.05) is 6.92 Å². The molecule has 0 aliphatic heterocycles. The molecule has 0 saturated heterocycles. The van der Waals surface area contributed by atoms with Gasteiger partial charge in [0, 0.05) is 30.3 Å².